The number of methoxy groups -OCH3 is 1. The summed E-state index contributed by atoms with van der Waals surface area (Å²) in [5.41, 5.74) is 2.92. The number of likely N-dealkylation sites (N-methyl/N-ethyl adjacent to an activating group) is 1. The highest BCUT2D eigenvalue weighted by Crippen LogP contribution is 2.27. The predicted octanol–water partition coefficient (Wildman–Crippen LogP) is 4.32. The van der Waals surface area contributed by atoms with Crippen LogP contribution in [0.5, 0.6) is 5.75 Å². The third-order valence-electron chi connectivity index (χ3n) is 6.36. The smallest absolute Gasteiger partial charge is 0.264 e. The molecule has 3 rings (SSSR count). The standard InChI is InChI=1S/C28H32ClN3O5S/c1-19-9-12-24(15-20(19)2)32(38(35,36)26-13-10-23(29)11-14-26)18-27(33)31(21(3)28(34)30-4)17-22-7-6-8-25(16-22)37-5/h6-16,21H,17-18H2,1-5H3,(H,30,34)/t21-/m1/s1. The van der Waals surface area contributed by atoms with Crippen molar-refractivity contribution >= 4 is 39.1 Å². The zero-order valence-electron chi connectivity index (χ0n) is 22.1. The van der Waals surface area contributed by atoms with Crippen LogP contribution in [0.4, 0.5) is 5.69 Å². The molecule has 3 aromatic rings. The molecule has 202 valence electrons. The number of nitrogens with one attached hydrogen (secondary N) is 1. The highest BCUT2D eigenvalue weighted by Gasteiger charge is 2.32. The number of carbonyl (C=O) groups excluding carboxylic acids is 2. The van der Waals surface area contributed by atoms with Crippen LogP contribution in [0.1, 0.15) is 23.6 Å². The molecular formula is C28H32ClN3O5S. The lowest BCUT2D eigenvalue weighted by Gasteiger charge is -2.32. The molecule has 2 amide bonds. The monoisotopic (exact) mass is 557 g/mol. The van der Waals surface area contributed by atoms with Gasteiger partial charge in [-0.15, -0.1) is 0 Å². The number of nitrogens with zero attached hydrogens (tertiary/aromatic N) is 2. The van der Waals surface area contributed by atoms with E-state index in [1.54, 1.807) is 43.3 Å². The van der Waals surface area contributed by atoms with E-state index in [1.807, 2.05) is 19.9 Å². The van der Waals surface area contributed by atoms with E-state index < -0.39 is 28.5 Å². The Morgan fingerprint density at radius 2 is 1.68 bits per heavy atom. The van der Waals surface area contributed by atoms with Crippen LogP contribution in [0.2, 0.25) is 5.02 Å². The van der Waals surface area contributed by atoms with E-state index in [-0.39, 0.29) is 17.3 Å². The van der Waals surface area contributed by atoms with Crippen LogP contribution in [0.25, 0.3) is 0 Å². The molecule has 0 fully saturated rings. The molecule has 1 N–H and O–H groups in total. The van der Waals surface area contributed by atoms with Crippen molar-refractivity contribution in [1.29, 1.82) is 0 Å². The van der Waals surface area contributed by atoms with E-state index in [9.17, 15) is 18.0 Å². The maximum Gasteiger partial charge on any atom is 0.264 e. The summed E-state index contributed by atoms with van der Waals surface area (Å²) >= 11 is 5.98. The van der Waals surface area contributed by atoms with Crippen molar-refractivity contribution in [3.8, 4) is 5.75 Å². The molecule has 1 atom stereocenters. The first-order chi connectivity index (χ1) is 18.0. The second kappa shape index (κ2) is 12.3. The van der Waals surface area contributed by atoms with Gasteiger partial charge in [0.2, 0.25) is 11.8 Å². The summed E-state index contributed by atoms with van der Waals surface area (Å²) in [4.78, 5) is 27.8. The molecule has 10 heteroatoms. The number of carbonyl (C=O) groups is 2. The zero-order chi connectivity index (χ0) is 28.0. The van der Waals surface area contributed by atoms with Crippen LogP contribution in [-0.4, -0.2) is 51.9 Å². The summed E-state index contributed by atoms with van der Waals surface area (Å²) in [6, 6.07) is 17.2. The first-order valence-electron chi connectivity index (χ1n) is 12.0. The maximum absolute atomic E-state index is 13.8. The van der Waals surface area contributed by atoms with Gasteiger partial charge in [-0.3, -0.25) is 13.9 Å². The van der Waals surface area contributed by atoms with Crippen molar-refractivity contribution in [2.45, 2.75) is 38.3 Å². The van der Waals surface area contributed by atoms with Crippen molar-refractivity contribution in [3.63, 3.8) is 0 Å². The minimum absolute atomic E-state index is 0.00776. The molecule has 0 saturated heterocycles. The molecule has 0 aliphatic rings. The summed E-state index contributed by atoms with van der Waals surface area (Å²) in [6.45, 7) is 4.95. The molecule has 0 aliphatic carbocycles. The zero-order valence-corrected chi connectivity index (χ0v) is 23.6. The molecule has 0 aliphatic heterocycles. The largest absolute Gasteiger partial charge is 0.497 e. The third kappa shape index (κ3) is 6.65. The summed E-state index contributed by atoms with van der Waals surface area (Å²) in [5.74, 6) is -0.316. The first-order valence-corrected chi connectivity index (χ1v) is 13.8. The molecule has 38 heavy (non-hydrogen) atoms. The maximum atomic E-state index is 13.8. The molecular weight excluding hydrogens is 526 g/mol. The number of amides is 2. The van der Waals surface area contributed by atoms with Crippen LogP contribution in [0, 0.1) is 13.8 Å². The lowest BCUT2D eigenvalue weighted by atomic mass is 10.1. The summed E-state index contributed by atoms with van der Waals surface area (Å²) in [7, 11) is -1.13. The van der Waals surface area contributed by atoms with Crippen LogP contribution in [-0.2, 0) is 26.2 Å². The Bertz CT molecular complexity index is 1410. The average Bonchev–Trinajstić information content (AvgIpc) is 2.91. The number of hydrogen-bond acceptors (Lipinski definition) is 5. The second-order valence-corrected chi connectivity index (χ2v) is 11.2. The topological polar surface area (TPSA) is 96.0 Å². The van der Waals surface area contributed by atoms with E-state index in [0.717, 1.165) is 21.0 Å². The van der Waals surface area contributed by atoms with Crippen molar-refractivity contribution < 1.29 is 22.7 Å². The van der Waals surface area contributed by atoms with Gasteiger partial charge in [0.1, 0.15) is 18.3 Å². The minimum Gasteiger partial charge on any atom is -0.497 e. The number of hydrogen-bond donors (Lipinski definition) is 1. The molecule has 3 aromatic carbocycles. The Balaban J connectivity index is 2.06. The van der Waals surface area contributed by atoms with Gasteiger partial charge in [0.05, 0.1) is 17.7 Å². The van der Waals surface area contributed by atoms with Crippen LogP contribution < -0.4 is 14.4 Å². The Kier molecular flexibility index (Phi) is 9.40. The van der Waals surface area contributed by atoms with Gasteiger partial charge in [0.15, 0.2) is 0 Å². The molecule has 0 bridgehead atoms. The fraction of sp³-hybridized carbons (Fsp3) is 0.286. The number of rotatable bonds is 10. The minimum atomic E-state index is -4.16. The fourth-order valence-corrected chi connectivity index (χ4v) is 5.43. The Labute approximate surface area is 229 Å². The van der Waals surface area contributed by atoms with Crippen molar-refractivity contribution in [3.05, 3.63) is 88.4 Å². The summed E-state index contributed by atoms with van der Waals surface area (Å²) in [5, 5.41) is 2.96. The Hall–Kier alpha value is -3.56. The highest BCUT2D eigenvalue weighted by molar-refractivity contribution is 7.92. The predicted molar refractivity (Wildman–Crippen MR) is 149 cm³/mol. The Morgan fingerprint density at radius 3 is 2.29 bits per heavy atom. The van der Waals surface area contributed by atoms with Gasteiger partial charge in [0.25, 0.3) is 10.0 Å². The number of anilines is 1. The van der Waals surface area contributed by atoms with E-state index in [0.29, 0.717) is 16.5 Å². The fourth-order valence-electron chi connectivity index (χ4n) is 3.90. The lowest BCUT2D eigenvalue weighted by molar-refractivity contribution is -0.139. The van der Waals surface area contributed by atoms with Crippen LogP contribution in [0.3, 0.4) is 0 Å². The molecule has 0 spiro atoms. The number of aryl methyl sites for hydroxylation is 2. The van der Waals surface area contributed by atoms with Gasteiger partial charge in [-0.1, -0.05) is 29.8 Å². The quantitative estimate of drug-likeness (QED) is 0.400. The van der Waals surface area contributed by atoms with Crippen LogP contribution >= 0.6 is 11.6 Å². The van der Waals surface area contributed by atoms with E-state index in [2.05, 4.69) is 5.32 Å². The SMILES string of the molecule is CNC(=O)[C@@H](C)N(Cc1cccc(OC)c1)C(=O)CN(c1ccc(C)c(C)c1)S(=O)(=O)c1ccc(Cl)cc1. The summed E-state index contributed by atoms with van der Waals surface area (Å²) < 4.78 is 34.0. The molecule has 0 unspecified atom stereocenters. The number of halogens is 1. The van der Waals surface area contributed by atoms with Crippen molar-refractivity contribution in [1.82, 2.24) is 10.2 Å². The molecule has 0 saturated carbocycles. The average molecular weight is 558 g/mol. The molecule has 0 aromatic heterocycles. The van der Waals surface area contributed by atoms with E-state index in [1.165, 1.54) is 43.3 Å². The van der Waals surface area contributed by atoms with Gasteiger partial charge in [0, 0.05) is 18.6 Å². The molecule has 0 heterocycles. The number of benzene rings is 3. The normalized spacial score (nSPS) is 11.9. The highest BCUT2D eigenvalue weighted by atomic mass is 35.5. The number of ether oxygens (including phenoxy) is 1. The van der Waals surface area contributed by atoms with Gasteiger partial charge < -0.3 is 15.0 Å². The first kappa shape index (κ1) is 29.0. The Morgan fingerprint density at radius 1 is 1.00 bits per heavy atom. The van der Waals surface area contributed by atoms with E-state index in [4.69, 9.17) is 16.3 Å². The van der Waals surface area contributed by atoms with Crippen LogP contribution in [0.15, 0.2) is 71.6 Å². The molecule has 8 nitrogen and oxygen atoms in total. The van der Waals surface area contributed by atoms with Crippen molar-refractivity contribution in [2.24, 2.45) is 0 Å². The third-order valence-corrected chi connectivity index (χ3v) is 8.40. The van der Waals surface area contributed by atoms with E-state index >= 15 is 0 Å². The van der Waals surface area contributed by atoms with Gasteiger partial charge in [-0.2, -0.15) is 0 Å². The summed E-state index contributed by atoms with van der Waals surface area (Å²) in [6.07, 6.45) is 0. The van der Waals surface area contributed by atoms with Gasteiger partial charge in [-0.25, -0.2) is 8.42 Å². The lowest BCUT2D eigenvalue weighted by Crippen LogP contribution is -2.50. The van der Waals surface area contributed by atoms with Gasteiger partial charge >= 0.3 is 0 Å². The second-order valence-electron chi connectivity index (χ2n) is 8.90. The molecule has 0 radical (unpaired) electrons. The van der Waals surface area contributed by atoms with Crippen molar-refractivity contribution in [2.75, 3.05) is 25.0 Å². The number of sulfonamides is 1. The van der Waals surface area contributed by atoms with Gasteiger partial charge in [-0.05, 0) is 86.0 Å².